The van der Waals surface area contributed by atoms with Crippen LogP contribution in [-0.4, -0.2) is 0 Å². The topological polar surface area (TPSA) is 35.8 Å². The summed E-state index contributed by atoms with van der Waals surface area (Å²) in [5.74, 6) is -4.18. The molecule has 2 nitrogen and oxygen atoms in total. The minimum Gasteiger partial charge on any atom is -0.366 e. The number of rotatable bonds is 3. The Labute approximate surface area is 118 Å². The van der Waals surface area contributed by atoms with Crippen molar-refractivity contribution in [1.82, 2.24) is 0 Å². The lowest BCUT2D eigenvalue weighted by Gasteiger charge is -2.15. The fourth-order valence-corrected chi connectivity index (χ4v) is 1.93. The molecule has 0 aliphatic carbocycles. The van der Waals surface area contributed by atoms with Crippen LogP contribution in [0.1, 0.15) is 17.2 Å². The van der Waals surface area contributed by atoms with Gasteiger partial charge in [-0.15, -0.1) is 0 Å². The smallest absolute Gasteiger partial charge is 0.161 e. The zero-order valence-electron chi connectivity index (χ0n) is 10.9. The molecule has 0 fully saturated rings. The monoisotopic (exact) mass is 294 g/mol. The first-order valence-corrected chi connectivity index (χ1v) is 5.98. The van der Waals surface area contributed by atoms with Gasteiger partial charge in [0.1, 0.15) is 17.7 Å². The van der Waals surface area contributed by atoms with Crippen molar-refractivity contribution in [2.45, 2.75) is 13.0 Å². The largest absolute Gasteiger partial charge is 0.366 e. The summed E-state index contributed by atoms with van der Waals surface area (Å²) >= 11 is 0. The average Bonchev–Trinajstić information content (AvgIpc) is 2.39. The summed E-state index contributed by atoms with van der Waals surface area (Å²) in [6.07, 6.45) is 0. The van der Waals surface area contributed by atoms with Crippen LogP contribution < -0.4 is 5.32 Å². The van der Waals surface area contributed by atoms with E-state index in [4.69, 9.17) is 5.26 Å². The molecule has 2 aromatic carbocycles. The van der Waals surface area contributed by atoms with Gasteiger partial charge in [0.2, 0.25) is 0 Å². The molecule has 6 heteroatoms. The number of benzene rings is 2. The van der Waals surface area contributed by atoms with Crippen LogP contribution in [0, 0.1) is 41.5 Å². The number of halogens is 4. The Balaban J connectivity index is 2.37. The van der Waals surface area contributed by atoms with Crippen molar-refractivity contribution in [3.05, 3.63) is 64.7 Å². The van der Waals surface area contributed by atoms with Gasteiger partial charge in [-0.25, -0.2) is 17.6 Å². The fourth-order valence-electron chi connectivity index (χ4n) is 1.93. The van der Waals surface area contributed by atoms with Gasteiger partial charge in [0.15, 0.2) is 11.6 Å². The lowest BCUT2D eigenvalue weighted by Crippen LogP contribution is -2.11. The minimum atomic E-state index is -1.34. The van der Waals surface area contributed by atoms with Crippen LogP contribution in [0.3, 0.4) is 0 Å². The molecule has 0 spiro atoms. The quantitative estimate of drug-likeness (QED) is 0.679. The summed E-state index contributed by atoms with van der Waals surface area (Å²) in [6.45, 7) is 1.65. The molecule has 0 aliphatic rings. The van der Waals surface area contributed by atoms with E-state index in [9.17, 15) is 17.6 Å². The van der Waals surface area contributed by atoms with Crippen LogP contribution in [0.2, 0.25) is 0 Å². The summed E-state index contributed by atoms with van der Waals surface area (Å²) in [4.78, 5) is 0. The van der Waals surface area contributed by atoms with Gasteiger partial charge in [0, 0.05) is 17.3 Å². The molecule has 0 amide bonds. The summed E-state index contributed by atoms with van der Waals surface area (Å²) in [7, 11) is 0. The van der Waals surface area contributed by atoms with Crippen LogP contribution in [0.25, 0.3) is 0 Å². The van der Waals surface area contributed by atoms with Crippen LogP contribution in [-0.2, 0) is 0 Å². The molecule has 0 saturated heterocycles. The Morgan fingerprint density at radius 2 is 1.62 bits per heavy atom. The number of hydrogen-bond acceptors (Lipinski definition) is 2. The number of anilines is 1. The first kappa shape index (κ1) is 14.9. The van der Waals surface area contributed by atoms with E-state index in [1.165, 1.54) is 6.07 Å². The maximum atomic E-state index is 13.7. The van der Waals surface area contributed by atoms with Gasteiger partial charge in [-0.2, -0.15) is 5.26 Å². The van der Waals surface area contributed by atoms with E-state index in [1.54, 1.807) is 19.1 Å². The first-order valence-electron chi connectivity index (χ1n) is 5.98. The zero-order valence-corrected chi connectivity index (χ0v) is 10.9. The van der Waals surface area contributed by atoms with Gasteiger partial charge < -0.3 is 5.32 Å². The first-order chi connectivity index (χ1) is 9.90. The molecule has 2 aromatic rings. The van der Waals surface area contributed by atoms with Gasteiger partial charge in [-0.1, -0.05) is 0 Å². The third kappa shape index (κ3) is 3.31. The number of nitrogens with zero attached hydrogens (tertiary/aromatic N) is 1. The van der Waals surface area contributed by atoms with Crippen LogP contribution in [0.4, 0.5) is 23.2 Å². The highest BCUT2D eigenvalue weighted by molar-refractivity contribution is 5.50. The maximum absolute atomic E-state index is 13.7. The summed E-state index contributed by atoms with van der Waals surface area (Å²) in [6, 6.07) is 5.38. The predicted molar refractivity (Wildman–Crippen MR) is 69.4 cm³/mol. The van der Waals surface area contributed by atoms with Gasteiger partial charge in [0.05, 0.1) is 6.07 Å². The Bertz CT molecular complexity index is 702. The Hall–Kier alpha value is -2.55. The highest BCUT2D eigenvalue weighted by Gasteiger charge is 2.19. The molecule has 0 aromatic heterocycles. The molecule has 0 radical (unpaired) electrons. The molecular formula is C15H10F4N2. The molecule has 0 saturated carbocycles. The van der Waals surface area contributed by atoms with Crippen molar-refractivity contribution in [1.29, 1.82) is 5.26 Å². The third-order valence-corrected chi connectivity index (χ3v) is 2.83. The normalized spacial score (nSPS) is 11.8. The third-order valence-electron chi connectivity index (χ3n) is 2.83. The standard InChI is InChI=1S/C15H10F4N2/c1-8-2-9(16)4-10(3-8)21-15(7-20)11-5-13(18)14(19)6-12(11)17/h2-6,15,21H,1H3. The van der Waals surface area contributed by atoms with E-state index in [1.807, 2.05) is 0 Å². The SMILES string of the molecule is Cc1cc(F)cc(NC(C#N)c2cc(F)c(F)cc2F)c1. The van der Waals surface area contributed by atoms with Crippen molar-refractivity contribution in [3.8, 4) is 6.07 Å². The van der Waals surface area contributed by atoms with Crippen LogP contribution >= 0.6 is 0 Å². The Morgan fingerprint density at radius 3 is 2.24 bits per heavy atom. The maximum Gasteiger partial charge on any atom is 0.161 e. The van der Waals surface area contributed by atoms with Crippen LogP contribution in [0.15, 0.2) is 30.3 Å². The average molecular weight is 294 g/mol. The molecule has 1 unspecified atom stereocenters. The summed E-state index contributed by atoms with van der Waals surface area (Å²) in [5.41, 5.74) is 0.487. The Kier molecular flexibility index (Phi) is 4.13. The zero-order chi connectivity index (χ0) is 15.6. The van der Waals surface area contributed by atoms with E-state index in [-0.39, 0.29) is 11.3 Å². The number of nitrogens with one attached hydrogen (secondary N) is 1. The van der Waals surface area contributed by atoms with Crippen molar-refractivity contribution in [2.75, 3.05) is 5.32 Å². The molecule has 21 heavy (non-hydrogen) atoms. The van der Waals surface area contributed by atoms with E-state index >= 15 is 0 Å². The molecule has 0 aliphatic heterocycles. The molecule has 1 atom stereocenters. The van der Waals surface area contributed by atoms with Gasteiger partial charge in [-0.05, 0) is 36.8 Å². The van der Waals surface area contributed by atoms with E-state index < -0.39 is 29.3 Å². The van der Waals surface area contributed by atoms with Crippen molar-refractivity contribution in [2.24, 2.45) is 0 Å². The summed E-state index contributed by atoms with van der Waals surface area (Å²) < 4.78 is 53.0. The molecule has 1 N–H and O–H groups in total. The lowest BCUT2D eigenvalue weighted by molar-refractivity contribution is 0.489. The molecule has 0 bridgehead atoms. The second-order valence-corrected chi connectivity index (χ2v) is 4.51. The van der Waals surface area contributed by atoms with E-state index in [0.29, 0.717) is 17.7 Å². The lowest BCUT2D eigenvalue weighted by atomic mass is 10.1. The molecule has 0 heterocycles. The second kappa shape index (κ2) is 5.83. The van der Waals surface area contributed by atoms with Crippen molar-refractivity contribution >= 4 is 5.69 Å². The second-order valence-electron chi connectivity index (χ2n) is 4.51. The van der Waals surface area contributed by atoms with Crippen LogP contribution in [0.5, 0.6) is 0 Å². The highest BCUT2D eigenvalue weighted by Crippen LogP contribution is 2.25. The number of aryl methyl sites for hydroxylation is 1. The molecular weight excluding hydrogens is 284 g/mol. The fraction of sp³-hybridized carbons (Fsp3) is 0.133. The molecule has 2 rings (SSSR count). The Morgan fingerprint density at radius 1 is 0.952 bits per heavy atom. The predicted octanol–water partition coefficient (Wildman–Crippen LogP) is 4.23. The highest BCUT2D eigenvalue weighted by atomic mass is 19.2. The number of nitriles is 1. The summed E-state index contributed by atoms with van der Waals surface area (Å²) in [5, 5.41) is 11.7. The number of hydrogen-bond donors (Lipinski definition) is 1. The van der Waals surface area contributed by atoms with Crippen molar-refractivity contribution in [3.63, 3.8) is 0 Å². The van der Waals surface area contributed by atoms with Gasteiger partial charge in [-0.3, -0.25) is 0 Å². The van der Waals surface area contributed by atoms with Gasteiger partial charge >= 0.3 is 0 Å². The van der Waals surface area contributed by atoms with E-state index in [2.05, 4.69) is 5.32 Å². The molecule has 108 valence electrons. The van der Waals surface area contributed by atoms with E-state index in [0.717, 1.165) is 6.07 Å². The minimum absolute atomic E-state index is 0.239. The van der Waals surface area contributed by atoms with Crippen molar-refractivity contribution < 1.29 is 17.6 Å². The van der Waals surface area contributed by atoms with Gasteiger partial charge in [0.25, 0.3) is 0 Å².